The fraction of sp³-hybridized carbons (Fsp3) is 0.118. The zero-order chi connectivity index (χ0) is 18.0. The Morgan fingerprint density at radius 1 is 1.20 bits per heavy atom. The maximum atomic E-state index is 12.3. The Morgan fingerprint density at radius 2 is 1.92 bits per heavy atom. The van der Waals surface area contributed by atoms with Gasteiger partial charge in [-0.3, -0.25) is 4.79 Å². The van der Waals surface area contributed by atoms with E-state index in [0.29, 0.717) is 11.3 Å². The number of hydrogen-bond donors (Lipinski definition) is 2. The van der Waals surface area contributed by atoms with E-state index in [0.717, 1.165) is 15.4 Å². The number of aromatic amines is 1. The molecule has 0 saturated heterocycles. The summed E-state index contributed by atoms with van der Waals surface area (Å²) < 4.78 is 32.6. The Balaban J connectivity index is 1.79. The first-order valence-corrected chi connectivity index (χ1v) is 9.62. The second-order valence-electron chi connectivity index (χ2n) is 5.36. The van der Waals surface area contributed by atoms with Crippen molar-refractivity contribution in [3.63, 3.8) is 0 Å². The van der Waals surface area contributed by atoms with Gasteiger partial charge in [-0.25, -0.2) is 13.1 Å². The maximum absolute atomic E-state index is 12.3. The van der Waals surface area contributed by atoms with Crippen LogP contribution in [0.1, 0.15) is 5.56 Å². The monoisotopic (exact) mass is 422 g/mol. The van der Waals surface area contributed by atoms with E-state index in [1.54, 1.807) is 6.20 Å². The predicted molar refractivity (Wildman–Crippen MR) is 98.0 cm³/mol. The van der Waals surface area contributed by atoms with E-state index in [-0.39, 0.29) is 11.3 Å². The molecule has 3 rings (SSSR count). The minimum absolute atomic E-state index is 0.00163. The predicted octanol–water partition coefficient (Wildman–Crippen LogP) is 2.99. The van der Waals surface area contributed by atoms with Gasteiger partial charge in [0.25, 0.3) is 10.0 Å². The molecule has 130 valence electrons. The van der Waals surface area contributed by atoms with Crippen LogP contribution in [0.5, 0.6) is 5.75 Å². The topological polar surface area (TPSA) is 88.3 Å². The van der Waals surface area contributed by atoms with Crippen molar-refractivity contribution < 1.29 is 17.9 Å². The third kappa shape index (κ3) is 3.69. The number of methoxy groups -OCH3 is 1. The number of H-pyrrole nitrogens is 1. The number of ether oxygens (including phenoxy) is 1. The number of amides is 1. The van der Waals surface area contributed by atoms with E-state index >= 15 is 0 Å². The number of halogens is 1. The van der Waals surface area contributed by atoms with Crippen molar-refractivity contribution in [3.8, 4) is 5.75 Å². The summed E-state index contributed by atoms with van der Waals surface area (Å²) in [6.45, 7) is 0. The van der Waals surface area contributed by atoms with E-state index in [2.05, 4.69) is 25.6 Å². The van der Waals surface area contributed by atoms with Crippen molar-refractivity contribution in [2.75, 3.05) is 7.11 Å². The van der Waals surface area contributed by atoms with E-state index in [9.17, 15) is 13.2 Å². The van der Waals surface area contributed by atoms with Crippen molar-refractivity contribution in [3.05, 3.63) is 58.7 Å². The van der Waals surface area contributed by atoms with Crippen molar-refractivity contribution >= 4 is 42.8 Å². The molecule has 0 aliphatic carbocycles. The smallest absolute Gasteiger partial charge is 0.264 e. The fourth-order valence-electron chi connectivity index (χ4n) is 2.52. The molecule has 0 bridgehead atoms. The lowest BCUT2D eigenvalue weighted by atomic mass is 10.1. The normalized spacial score (nSPS) is 11.4. The van der Waals surface area contributed by atoms with Gasteiger partial charge in [0.15, 0.2) is 0 Å². The Hall–Kier alpha value is -2.32. The van der Waals surface area contributed by atoms with Crippen LogP contribution in [-0.4, -0.2) is 26.4 Å². The second kappa shape index (κ2) is 6.89. The zero-order valence-electron chi connectivity index (χ0n) is 13.2. The summed E-state index contributed by atoms with van der Waals surface area (Å²) in [6.07, 6.45) is 1.65. The number of nitrogens with one attached hydrogen (secondary N) is 2. The van der Waals surface area contributed by atoms with Crippen LogP contribution in [0, 0.1) is 0 Å². The number of benzene rings is 2. The van der Waals surface area contributed by atoms with Gasteiger partial charge in [-0.1, -0.05) is 22.0 Å². The van der Waals surface area contributed by atoms with Gasteiger partial charge in [0.1, 0.15) is 5.75 Å². The van der Waals surface area contributed by atoms with Crippen molar-refractivity contribution in [1.29, 1.82) is 0 Å². The van der Waals surface area contributed by atoms with Crippen LogP contribution >= 0.6 is 15.9 Å². The number of rotatable bonds is 5. The Morgan fingerprint density at radius 3 is 2.60 bits per heavy atom. The lowest BCUT2D eigenvalue weighted by Gasteiger charge is -2.08. The average Bonchev–Trinajstić information content (AvgIpc) is 2.98. The number of sulfonamides is 1. The highest BCUT2D eigenvalue weighted by Gasteiger charge is 2.19. The molecule has 2 N–H and O–H groups in total. The molecule has 0 atom stereocenters. The van der Waals surface area contributed by atoms with E-state index in [4.69, 9.17) is 4.74 Å². The molecule has 0 radical (unpaired) electrons. The van der Waals surface area contributed by atoms with Gasteiger partial charge >= 0.3 is 0 Å². The number of carbonyl (C=O) groups is 1. The average molecular weight is 423 g/mol. The number of carbonyl (C=O) groups excluding carboxylic acids is 1. The van der Waals surface area contributed by atoms with Crippen molar-refractivity contribution in [2.24, 2.45) is 0 Å². The van der Waals surface area contributed by atoms with Crippen LogP contribution in [0.15, 0.2) is 58.0 Å². The van der Waals surface area contributed by atoms with Crippen molar-refractivity contribution in [2.45, 2.75) is 11.3 Å². The molecule has 2 aromatic carbocycles. The highest BCUT2D eigenvalue weighted by molar-refractivity contribution is 9.10. The number of fused-ring (bicyclic) bond motifs is 1. The largest absolute Gasteiger partial charge is 0.497 e. The van der Waals surface area contributed by atoms with Gasteiger partial charge in [0.05, 0.1) is 18.4 Å². The Kier molecular flexibility index (Phi) is 4.82. The molecule has 6 nitrogen and oxygen atoms in total. The highest BCUT2D eigenvalue weighted by atomic mass is 79.9. The summed E-state index contributed by atoms with van der Waals surface area (Å²) in [7, 11) is -2.44. The minimum atomic E-state index is -3.93. The SMILES string of the molecule is COc1ccc(S(=O)(=O)NC(=O)Cc2c[nH]c3cccc(Br)c23)cc1. The summed E-state index contributed by atoms with van der Waals surface area (Å²) in [5.41, 5.74) is 1.58. The molecule has 0 saturated carbocycles. The number of hydrogen-bond acceptors (Lipinski definition) is 4. The molecule has 0 aliphatic heterocycles. The molecule has 1 aromatic heterocycles. The molecule has 0 aliphatic rings. The molecule has 1 heterocycles. The van der Waals surface area contributed by atoms with Gasteiger partial charge in [-0.15, -0.1) is 0 Å². The molecule has 1 amide bonds. The number of aromatic nitrogens is 1. The van der Waals surface area contributed by atoms with Gasteiger partial charge in [-0.2, -0.15) is 0 Å². The summed E-state index contributed by atoms with van der Waals surface area (Å²) in [5, 5.41) is 0.861. The van der Waals surface area contributed by atoms with Crippen LogP contribution in [0.25, 0.3) is 10.9 Å². The molecular weight excluding hydrogens is 408 g/mol. The molecule has 3 aromatic rings. The van der Waals surface area contributed by atoms with Gasteiger partial charge < -0.3 is 9.72 Å². The van der Waals surface area contributed by atoms with E-state index < -0.39 is 15.9 Å². The highest BCUT2D eigenvalue weighted by Crippen LogP contribution is 2.27. The third-order valence-corrected chi connectivity index (χ3v) is 5.76. The van der Waals surface area contributed by atoms with Gasteiger partial charge in [0.2, 0.25) is 5.91 Å². The molecule has 0 fully saturated rings. The molecular formula is C17H15BrN2O4S. The summed E-state index contributed by atoms with van der Waals surface area (Å²) in [6, 6.07) is 11.4. The summed E-state index contributed by atoms with van der Waals surface area (Å²) in [4.78, 5) is 15.3. The molecule has 8 heteroatoms. The maximum Gasteiger partial charge on any atom is 0.264 e. The molecule has 0 unspecified atom stereocenters. The minimum Gasteiger partial charge on any atom is -0.497 e. The fourth-order valence-corrected chi connectivity index (χ4v) is 4.12. The molecule has 0 spiro atoms. The van der Waals surface area contributed by atoms with Crippen molar-refractivity contribution in [1.82, 2.24) is 9.71 Å². The van der Waals surface area contributed by atoms with E-state index in [1.807, 2.05) is 18.2 Å². The van der Waals surface area contributed by atoms with Crippen LogP contribution in [0.4, 0.5) is 0 Å². The molecule has 25 heavy (non-hydrogen) atoms. The van der Waals surface area contributed by atoms with Crippen LogP contribution in [0.3, 0.4) is 0 Å². The first-order chi connectivity index (χ1) is 11.9. The first-order valence-electron chi connectivity index (χ1n) is 7.35. The second-order valence-corrected chi connectivity index (χ2v) is 7.89. The summed E-state index contributed by atoms with van der Waals surface area (Å²) in [5.74, 6) is -0.0682. The van der Waals surface area contributed by atoms with Crippen LogP contribution in [0.2, 0.25) is 0 Å². The lowest BCUT2D eigenvalue weighted by molar-refractivity contribution is -0.118. The van der Waals surface area contributed by atoms with Crippen LogP contribution < -0.4 is 9.46 Å². The Bertz CT molecular complexity index is 1030. The van der Waals surface area contributed by atoms with E-state index in [1.165, 1.54) is 31.4 Å². The quantitative estimate of drug-likeness (QED) is 0.661. The lowest BCUT2D eigenvalue weighted by Crippen LogP contribution is -2.31. The Labute approximate surface area is 153 Å². The summed E-state index contributed by atoms with van der Waals surface area (Å²) >= 11 is 3.45. The first kappa shape index (κ1) is 17.5. The zero-order valence-corrected chi connectivity index (χ0v) is 15.6. The standard InChI is InChI=1S/C17H15BrN2O4S/c1-24-12-5-7-13(8-6-12)25(22,23)20-16(21)9-11-10-19-15-4-2-3-14(18)17(11)15/h2-8,10,19H,9H2,1H3,(H,20,21). The van der Waals surface area contributed by atoms with Gasteiger partial charge in [0, 0.05) is 21.6 Å². The van der Waals surface area contributed by atoms with Crippen LogP contribution in [-0.2, 0) is 21.2 Å². The van der Waals surface area contributed by atoms with Gasteiger partial charge in [-0.05, 0) is 42.0 Å². The third-order valence-electron chi connectivity index (χ3n) is 3.71.